The van der Waals surface area contributed by atoms with E-state index in [2.05, 4.69) is 20.9 Å². The second kappa shape index (κ2) is 4.74. The highest BCUT2D eigenvalue weighted by Crippen LogP contribution is 2.37. The molecule has 0 saturated heterocycles. The number of hydrogen-bond acceptors (Lipinski definition) is 4. The zero-order chi connectivity index (χ0) is 13.6. The highest BCUT2D eigenvalue weighted by molar-refractivity contribution is 9.10. The van der Waals surface area contributed by atoms with E-state index < -0.39 is 0 Å². The van der Waals surface area contributed by atoms with Crippen molar-refractivity contribution in [1.29, 1.82) is 0 Å². The van der Waals surface area contributed by atoms with Crippen LogP contribution in [0.5, 0.6) is 5.75 Å². The van der Waals surface area contributed by atoms with E-state index in [4.69, 9.17) is 16.3 Å². The molecule has 6 heteroatoms. The Morgan fingerprint density at radius 1 is 1.37 bits per heavy atom. The molecule has 0 radical (unpaired) electrons. The van der Waals surface area contributed by atoms with Gasteiger partial charge in [-0.05, 0) is 34.1 Å². The van der Waals surface area contributed by atoms with Crippen molar-refractivity contribution in [1.82, 2.24) is 4.98 Å². The molecule has 0 unspecified atom stereocenters. The molecule has 19 heavy (non-hydrogen) atoms. The largest absolute Gasteiger partial charge is 0.493 e. The van der Waals surface area contributed by atoms with Crippen molar-refractivity contribution in [2.45, 2.75) is 0 Å². The van der Waals surface area contributed by atoms with Crippen LogP contribution in [0.2, 0.25) is 5.02 Å². The number of hydrogen-bond donors (Lipinski definition) is 0. The maximum absolute atomic E-state index is 12.0. The van der Waals surface area contributed by atoms with Gasteiger partial charge in [-0.15, -0.1) is 11.3 Å². The molecule has 3 nitrogen and oxygen atoms in total. The molecule has 0 saturated carbocycles. The zero-order valence-electron chi connectivity index (χ0n) is 9.74. The minimum Gasteiger partial charge on any atom is -0.493 e. The van der Waals surface area contributed by atoms with Gasteiger partial charge < -0.3 is 4.74 Å². The average molecular weight is 357 g/mol. The van der Waals surface area contributed by atoms with E-state index in [1.807, 2.05) is 12.1 Å². The van der Waals surface area contributed by atoms with E-state index in [1.165, 1.54) is 18.4 Å². The van der Waals surface area contributed by atoms with Gasteiger partial charge in [0, 0.05) is 11.1 Å². The first-order valence-corrected chi connectivity index (χ1v) is 7.35. The minimum atomic E-state index is -0.172. The third-order valence-corrected chi connectivity index (χ3v) is 5.14. The molecule has 0 spiro atoms. The van der Waals surface area contributed by atoms with E-state index in [0.29, 0.717) is 9.50 Å². The molecule has 1 heterocycles. The molecule has 1 aromatic carbocycles. The molecule has 1 aliphatic carbocycles. The second-order valence-corrected chi connectivity index (χ2v) is 6.18. The van der Waals surface area contributed by atoms with Crippen LogP contribution in [0.3, 0.4) is 0 Å². The molecule has 1 aromatic rings. The lowest BCUT2D eigenvalue weighted by molar-refractivity contribution is 0.410. The Kier molecular flexibility index (Phi) is 3.20. The fourth-order valence-electron chi connectivity index (χ4n) is 1.81. The zero-order valence-corrected chi connectivity index (χ0v) is 12.9. The lowest BCUT2D eigenvalue weighted by atomic mass is 10.2. The van der Waals surface area contributed by atoms with Gasteiger partial charge in [-0.2, -0.15) is 0 Å². The fraction of sp³-hybridized carbons (Fsp3) is 0.0769. The van der Waals surface area contributed by atoms with Crippen LogP contribution in [-0.2, 0) is 0 Å². The summed E-state index contributed by atoms with van der Waals surface area (Å²) in [5.74, 6) is 0.285. The van der Waals surface area contributed by atoms with Gasteiger partial charge in [0.05, 0.1) is 32.4 Å². The number of methoxy groups -OCH3 is 1. The summed E-state index contributed by atoms with van der Waals surface area (Å²) in [4.78, 5) is 17.3. The standard InChI is InChI=1S/C13H7BrClNO2S/c1-18-9-5-8-13(11(14)12(9)17)19-10-4-6(15)2-3-7(10)16-8/h2-5H,1H3. The summed E-state index contributed by atoms with van der Waals surface area (Å²) in [6.07, 6.45) is 0. The Bertz CT molecular complexity index is 818. The van der Waals surface area contributed by atoms with Crippen molar-refractivity contribution >= 4 is 49.1 Å². The molecule has 1 aliphatic heterocycles. The molecular formula is C13H7BrClNO2S. The second-order valence-electron chi connectivity index (χ2n) is 3.90. The van der Waals surface area contributed by atoms with E-state index in [9.17, 15) is 4.79 Å². The van der Waals surface area contributed by atoms with Crippen LogP contribution in [0.25, 0.3) is 20.8 Å². The monoisotopic (exact) mass is 355 g/mol. The van der Waals surface area contributed by atoms with Crippen molar-refractivity contribution in [2.75, 3.05) is 7.11 Å². The quantitative estimate of drug-likeness (QED) is 0.614. The number of benzene rings is 2. The Morgan fingerprint density at radius 3 is 2.89 bits per heavy atom. The number of ether oxygens (including phenoxy) is 1. The topological polar surface area (TPSA) is 39.2 Å². The lowest BCUT2D eigenvalue weighted by Gasteiger charge is -2.10. The van der Waals surface area contributed by atoms with Crippen LogP contribution in [0, 0.1) is 0 Å². The highest BCUT2D eigenvalue weighted by Gasteiger charge is 2.17. The number of rotatable bonds is 1. The number of aromatic nitrogens is 1. The molecule has 0 bridgehead atoms. The third kappa shape index (κ3) is 2.12. The molecule has 0 fully saturated rings. The predicted molar refractivity (Wildman–Crippen MR) is 81.8 cm³/mol. The Morgan fingerprint density at radius 2 is 2.16 bits per heavy atom. The predicted octanol–water partition coefficient (Wildman–Crippen LogP) is 4.19. The van der Waals surface area contributed by atoms with Crippen LogP contribution >= 0.6 is 38.9 Å². The first-order chi connectivity index (χ1) is 9.10. The highest BCUT2D eigenvalue weighted by atomic mass is 79.9. The van der Waals surface area contributed by atoms with Gasteiger partial charge in [-0.25, -0.2) is 4.98 Å². The van der Waals surface area contributed by atoms with E-state index in [1.54, 1.807) is 12.1 Å². The third-order valence-electron chi connectivity index (χ3n) is 2.72. The normalized spacial score (nSPS) is 11.1. The van der Waals surface area contributed by atoms with Gasteiger partial charge in [-0.1, -0.05) is 11.6 Å². The lowest BCUT2D eigenvalue weighted by Crippen LogP contribution is -2.08. The van der Waals surface area contributed by atoms with Crippen LogP contribution in [0.1, 0.15) is 0 Å². The summed E-state index contributed by atoms with van der Waals surface area (Å²) in [6, 6.07) is 7.16. The SMILES string of the molecule is COc1cc2nc3ccc(Cl)cc3sc-2c(Br)c1=O. The van der Waals surface area contributed by atoms with Gasteiger partial charge in [0.15, 0.2) is 5.75 Å². The maximum Gasteiger partial charge on any atom is 0.236 e. The van der Waals surface area contributed by atoms with Crippen molar-refractivity contribution in [2.24, 2.45) is 0 Å². The Hall–Kier alpha value is -1.17. The summed E-state index contributed by atoms with van der Waals surface area (Å²) in [5.41, 5.74) is 1.40. The average Bonchev–Trinajstić information content (AvgIpc) is 2.41. The van der Waals surface area contributed by atoms with Gasteiger partial charge in [0.25, 0.3) is 0 Å². The first-order valence-electron chi connectivity index (χ1n) is 5.37. The van der Waals surface area contributed by atoms with Crippen molar-refractivity contribution in [3.8, 4) is 16.3 Å². The van der Waals surface area contributed by atoms with Crippen molar-refractivity contribution in [3.63, 3.8) is 0 Å². The summed E-state index contributed by atoms with van der Waals surface area (Å²) < 4.78 is 6.47. The molecule has 0 aromatic heterocycles. The summed E-state index contributed by atoms with van der Waals surface area (Å²) in [7, 11) is 1.47. The molecule has 96 valence electrons. The van der Waals surface area contributed by atoms with Gasteiger partial charge in [-0.3, -0.25) is 4.79 Å². The van der Waals surface area contributed by atoms with E-state index in [-0.39, 0.29) is 11.2 Å². The van der Waals surface area contributed by atoms with Crippen LogP contribution < -0.4 is 10.2 Å². The summed E-state index contributed by atoms with van der Waals surface area (Å²) in [5, 5.41) is 0.650. The molecule has 0 N–H and O–H groups in total. The molecule has 0 atom stereocenters. The summed E-state index contributed by atoms with van der Waals surface area (Å²) in [6.45, 7) is 0. The number of fused-ring (bicyclic) bond motifs is 2. The molecule has 3 rings (SSSR count). The van der Waals surface area contributed by atoms with E-state index >= 15 is 0 Å². The smallest absolute Gasteiger partial charge is 0.236 e. The van der Waals surface area contributed by atoms with Crippen LogP contribution in [0.15, 0.2) is 33.5 Å². The summed E-state index contributed by atoms with van der Waals surface area (Å²) >= 11 is 10.8. The Balaban J connectivity index is 2.45. The number of halogens is 2. The Labute approximate surface area is 126 Å². The van der Waals surface area contributed by atoms with Gasteiger partial charge >= 0.3 is 0 Å². The minimum absolute atomic E-state index is 0.172. The van der Waals surface area contributed by atoms with Crippen molar-refractivity contribution in [3.05, 3.63) is 44.0 Å². The van der Waals surface area contributed by atoms with Crippen molar-refractivity contribution < 1.29 is 4.74 Å². The van der Waals surface area contributed by atoms with Gasteiger partial charge in [0.2, 0.25) is 5.43 Å². The van der Waals surface area contributed by atoms with Crippen LogP contribution in [0.4, 0.5) is 0 Å². The molecule has 0 amide bonds. The first kappa shape index (κ1) is 12.8. The maximum atomic E-state index is 12.0. The van der Waals surface area contributed by atoms with E-state index in [0.717, 1.165) is 20.8 Å². The number of nitrogens with zero attached hydrogens (tertiary/aromatic N) is 1. The molecular weight excluding hydrogens is 350 g/mol. The fourth-order valence-corrected chi connectivity index (χ4v) is 3.71. The van der Waals surface area contributed by atoms with Gasteiger partial charge in [0.1, 0.15) is 0 Å². The van der Waals surface area contributed by atoms with Crippen LogP contribution in [-0.4, -0.2) is 12.1 Å². The molecule has 2 aliphatic rings.